The number of nitrogens with one attached hydrogen (secondary N) is 1. The molecule has 28 heavy (non-hydrogen) atoms. The number of ether oxygens (including phenoxy) is 2. The van der Waals surface area contributed by atoms with Crippen molar-refractivity contribution in [3.05, 3.63) is 59.9 Å². The van der Waals surface area contributed by atoms with Crippen LogP contribution in [0.25, 0.3) is 0 Å². The molecular weight excluding hydrogens is 354 g/mol. The molecule has 2 atom stereocenters. The minimum Gasteiger partial charge on any atom is -0.487 e. The second-order valence-corrected chi connectivity index (χ2v) is 7.02. The quantitative estimate of drug-likeness (QED) is 0.787. The number of pyridine rings is 1. The predicted octanol–water partition coefficient (Wildman–Crippen LogP) is 3.93. The lowest BCUT2D eigenvalue weighted by Gasteiger charge is -2.33. The van der Waals surface area contributed by atoms with Gasteiger partial charge in [0.05, 0.1) is 17.8 Å². The highest BCUT2D eigenvalue weighted by Crippen LogP contribution is 2.21. The number of amides is 2. The van der Waals surface area contributed by atoms with E-state index in [1.165, 1.54) is 0 Å². The zero-order valence-electron chi connectivity index (χ0n) is 16.6. The van der Waals surface area contributed by atoms with Gasteiger partial charge >= 0.3 is 6.03 Å². The summed E-state index contributed by atoms with van der Waals surface area (Å²) in [6.07, 6.45) is 3.89. The molecule has 0 bridgehead atoms. The van der Waals surface area contributed by atoms with Gasteiger partial charge in [-0.25, -0.2) is 4.79 Å². The average Bonchev–Trinajstić information content (AvgIpc) is 2.73. The zero-order valence-corrected chi connectivity index (χ0v) is 16.6. The van der Waals surface area contributed by atoms with Crippen molar-refractivity contribution in [1.29, 1.82) is 0 Å². The van der Waals surface area contributed by atoms with E-state index < -0.39 is 0 Å². The largest absolute Gasteiger partial charge is 0.487 e. The molecule has 6 heteroatoms. The van der Waals surface area contributed by atoms with Crippen LogP contribution in [-0.4, -0.2) is 41.7 Å². The van der Waals surface area contributed by atoms with Crippen LogP contribution < -0.4 is 10.1 Å². The SMILES string of the molecule is CCOC1CCCN(C(=O)NC(C)c2cccc(OCc3ccccn3)c2)C1. The van der Waals surface area contributed by atoms with Gasteiger partial charge in [-0.05, 0) is 56.5 Å². The summed E-state index contributed by atoms with van der Waals surface area (Å²) < 4.78 is 11.5. The van der Waals surface area contributed by atoms with Crippen molar-refractivity contribution in [2.24, 2.45) is 0 Å². The Hall–Kier alpha value is -2.60. The molecule has 2 aromatic rings. The maximum atomic E-state index is 12.6. The molecule has 0 radical (unpaired) electrons. The predicted molar refractivity (Wildman–Crippen MR) is 108 cm³/mol. The maximum Gasteiger partial charge on any atom is 0.317 e. The van der Waals surface area contributed by atoms with E-state index in [1.54, 1.807) is 6.20 Å². The van der Waals surface area contributed by atoms with E-state index in [2.05, 4.69) is 10.3 Å². The number of piperidine rings is 1. The first kappa shape index (κ1) is 20.1. The molecule has 2 amide bonds. The number of carbonyl (C=O) groups excluding carboxylic acids is 1. The standard InChI is InChI=1S/C22H29N3O3/c1-3-27-21-11-7-13-25(15-21)22(26)24-17(2)18-8-6-10-20(14-18)28-16-19-9-4-5-12-23-19/h4-6,8-10,12,14,17,21H,3,7,11,13,15-16H2,1-2H3,(H,24,26). The molecule has 2 heterocycles. The summed E-state index contributed by atoms with van der Waals surface area (Å²) in [6, 6.07) is 13.4. The molecule has 1 saturated heterocycles. The molecule has 1 aromatic carbocycles. The van der Waals surface area contributed by atoms with Crippen molar-refractivity contribution < 1.29 is 14.3 Å². The summed E-state index contributed by atoms with van der Waals surface area (Å²) in [6.45, 7) is 6.50. The fourth-order valence-corrected chi connectivity index (χ4v) is 3.37. The minimum atomic E-state index is -0.113. The Kier molecular flexibility index (Phi) is 7.25. The van der Waals surface area contributed by atoms with E-state index in [1.807, 2.05) is 61.2 Å². The van der Waals surface area contributed by atoms with E-state index in [-0.39, 0.29) is 18.2 Å². The van der Waals surface area contributed by atoms with Crippen LogP contribution in [0.2, 0.25) is 0 Å². The van der Waals surface area contributed by atoms with E-state index >= 15 is 0 Å². The van der Waals surface area contributed by atoms with Crippen LogP contribution in [-0.2, 0) is 11.3 Å². The van der Waals surface area contributed by atoms with Gasteiger partial charge in [-0.3, -0.25) is 4.98 Å². The molecule has 1 fully saturated rings. The summed E-state index contributed by atoms with van der Waals surface area (Å²) in [4.78, 5) is 18.8. The van der Waals surface area contributed by atoms with Crippen LogP contribution in [0.5, 0.6) is 5.75 Å². The lowest BCUT2D eigenvalue weighted by Crippen LogP contribution is -2.48. The van der Waals surface area contributed by atoms with Crippen LogP contribution in [0.4, 0.5) is 4.79 Å². The lowest BCUT2D eigenvalue weighted by atomic mass is 10.1. The molecule has 150 valence electrons. The molecule has 0 aliphatic carbocycles. The van der Waals surface area contributed by atoms with Crippen molar-refractivity contribution in [3.63, 3.8) is 0 Å². The van der Waals surface area contributed by atoms with Gasteiger partial charge in [-0.15, -0.1) is 0 Å². The third-order valence-corrected chi connectivity index (χ3v) is 4.88. The fraction of sp³-hybridized carbons (Fsp3) is 0.455. The van der Waals surface area contributed by atoms with Crippen molar-refractivity contribution >= 4 is 6.03 Å². The summed E-state index contributed by atoms with van der Waals surface area (Å²) in [5.41, 5.74) is 1.88. The van der Waals surface area contributed by atoms with E-state index in [0.29, 0.717) is 19.8 Å². The molecule has 6 nitrogen and oxygen atoms in total. The van der Waals surface area contributed by atoms with Gasteiger partial charge in [0.25, 0.3) is 0 Å². The monoisotopic (exact) mass is 383 g/mol. The first-order valence-corrected chi connectivity index (χ1v) is 9.95. The Balaban J connectivity index is 1.55. The number of likely N-dealkylation sites (tertiary alicyclic amines) is 1. The normalized spacial score (nSPS) is 17.8. The number of carbonyl (C=O) groups is 1. The number of nitrogens with zero attached hydrogens (tertiary/aromatic N) is 2. The first-order chi connectivity index (χ1) is 13.7. The maximum absolute atomic E-state index is 12.6. The minimum absolute atomic E-state index is 0.0447. The Morgan fingerprint density at radius 1 is 1.32 bits per heavy atom. The fourth-order valence-electron chi connectivity index (χ4n) is 3.37. The van der Waals surface area contributed by atoms with Crippen molar-refractivity contribution in [3.8, 4) is 5.75 Å². The summed E-state index contributed by atoms with van der Waals surface area (Å²) in [5.74, 6) is 0.763. The highest BCUT2D eigenvalue weighted by Gasteiger charge is 2.24. The highest BCUT2D eigenvalue weighted by atomic mass is 16.5. The summed E-state index contributed by atoms with van der Waals surface area (Å²) in [5, 5.41) is 3.09. The van der Waals surface area contributed by atoms with E-state index in [9.17, 15) is 4.79 Å². The van der Waals surface area contributed by atoms with E-state index in [0.717, 1.165) is 36.4 Å². The number of hydrogen-bond acceptors (Lipinski definition) is 4. The van der Waals surface area contributed by atoms with Gasteiger partial charge < -0.3 is 19.7 Å². The lowest BCUT2D eigenvalue weighted by molar-refractivity contribution is 0.0162. The molecule has 1 N–H and O–H groups in total. The second kappa shape index (κ2) is 10.1. The summed E-state index contributed by atoms with van der Waals surface area (Å²) >= 11 is 0. The molecule has 1 aromatic heterocycles. The first-order valence-electron chi connectivity index (χ1n) is 9.95. The van der Waals surface area contributed by atoms with Gasteiger partial charge in [-0.1, -0.05) is 18.2 Å². The zero-order chi connectivity index (χ0) is 19.8. The Bertz CT molecular complexity index is 752. The second-order valence-electron chi connectivity index (χ2n) is 7.02. The van der Waals surface area contributed by atoms with Crippen molar-refractivity contribution in [2.75, 3.05) is 19.7 Å². The van der Waals surface area contributed by atoms with Gasteiger partial charge in [-0.2, -0.15) is 0 Å². The number of aromatic nitrogens is 1. The smallest absolute Gasteiger partial charge is 0.317 e. The number of hydrogen-bond donors (Lipinski definition) is 1. The van der Waals surface area contributed by atoms with Crippen LogP contribution in [0.15, 0.2) is 48.7 Å². The van der Waals surface area contributed by atoms with Crippen LogP contribution in [0.1, 0.15) is 44.0 Å². The molecule has 0 spiro atoms. The van der Waals surface area contributed by atoms with Crippen molar-refractivity contribution in [1.82, 2.24) is 15.2 Å². The third-order valence-electron chi connectivity index (χ3n) is 4.88. The highest BCUT2D eigenvalue weighted by molar-refractivity contribution is 5.74. The Morgan fingerprint density at radius 3 is 3.00 bits per heavy atom. The van der Waals surface area contributed by atoms with Crippen LogP contribution >= 0.6 is 0 Å². The molecule has 0 saturated carbocycles. The third kappa shape index (κ3) is 5.70. The molecule has 3 rings (SSSR count). The number of urea groups is 1. The van der Waals surface area contributed by atoms with Crippen LogP contribution in [0.3, 0.4) is 0 Å². The summed E-state index contributed by atoms with van der Waals surface area (Å²) in [7, 11) is 0. The van der Waals surface area contributed by atoms with Gasteiger partial charge in [0.1, 0.15) is 12.4 Å². The van der Waals surface area contributed by atoms with E-state index in [4.69, 9.17) is 9.47 Å². The topological polar surface area (TPSA) is 63.7 Å². The average molecular weight is 383 g/mol. The number of rotatable bonds is 7. The molecular formula is C22H29N3O3. The van der Waals surface area contributed by atoms with Gasteiger partial charge in [0, 0.05) is 25.9 Å². The molecule has 1 aliphatic rings. The number of benzene rings is 1. The van der Waals surface area contributed by atoms with Gasteiger partial charge in [0.15, 0.2) is 0 Å². The van der Waals surface area contributed by atoms with Crippen molar-refractivity contribution in [2.45, 2.75) is 45.4 Å². The van der Waals surface area contributed by atoms with Gasteiger partial charge in [0.2, 0.25) is 0 Å². The Labute approximate surface area is 166 Å². The Morgan fingerprint density at radius 2 is 2.21 bits per heavy atom. The molecule has 1 aliphatic heterocycles. The van der Waals surface area contributed by atoms with Crippen LogP contribution in [0, 0.1) is 0 Å². The molecule has 2 unspecified atom stereocenters.